The minimum absolute atomic E-state index is 0.256. The van der Waals surface area contributed by atoms with Gasteiger partial charge in [-0.05, 0) is 29.6 Å². The van der Waals surface area contributed by atoms with Gasteiger partial charge in [-0.3, -0.25) is 4.79 Å². The van der Waals surface area contributed by atoms with Crippen LogP contribution in [0, 0.1) is 11.3 Å². The zero-order chi connectivity index (χ0) is 14.5. The molecule has 1 amide bonds. The third-order valence-electron chi connectivity index (χ3n) is 2.60. The number of benzene rings is 1. The molecule has 0 fully saturated rings. The Hall–Kier alpha value is -2.65. The SMILES string of the molecule is N#Cc1cccc(C(=O)NC(C(=O)O)c2cccs2)c1. The van der Waals surface area contributed by atoms with Gasteiger partial charge in [-0.2, -0.15) is 5.26 Å². The standard InChI is InChI=1S/C14H10N2O3S/c15-8-9-3-1-4-10(7-9)13(17)16-12(14(18)19)11-5-2-6-20-11/h1-7,12H,(H,16,17)(H,18,19). The lowest BCUT2D eigenvalue weighted by Gasteiger charge is -2.13. The Bertz CT molecular complexity index is 674. The summed E-state index contributed by atoms with van der Waals surface area (Å²) in [5, 5.41) is 22.2. The minimum Gasteiger partial charge on any atom is -0.479 e. The number of thiophene rings is 1. The van der Waals surface area contributed by atoms with E-state index in [1.165, 1.54) is 23.5 Å². The molecule has 0 spiro atoms. The van der Waals surface area contributed by atoms with Crippen molar-refractivity contribution >= 4 is 23.2 Å². The average Bonchev–Trinajstić information content (AvgIpc) is 2.98. The van der Waals surface area contributed by atoms with Crippen LogP contribution in [0.4, 0.5) is 0 Å². The van der Waals surface area contributed by atoms with E-state index in [-0.39, 0.29) is 5.56 Å². The monoisotopic (exact) mass is 286 g/mol. The van der Waals surface area contributed by atoms with Gasteiger partial charge in [0.15, 0.2) is 6.04 Å². The first-order valence-corrected chi connectivity index (χ1v) is 6.57. The summed E-state index contributed by atoms with van der Waals surface area (Å²) in [4.78, 5) is 23.8. The number of rotatable bonds is 4. The maximum atomic E-state index is 12.0. The second-order valence-corrected chi connectivity index (χ2v) is 4.93. The number of nitriles is 1. The van der Waals surface area contributed by atoms with Gasteiger partial charge in [-0.15, -0.1) is 11.3 Å². The third-order valence-corrected chi connectivity index (χ3v) is 3.54. The highest BCUT2D eigenvalue weighted by Crippen LogP contribution is 2.19. The Balaban J connectivity index is 2.21. The summed E-state index contributed by atoms with van der Waals surface area (Å²) in [5.74, 6) is -1.65. The lowest BCUT2D eigenvalue weighted by atomic mass is 10.1. The molecule has 0 saturated carbocycles. The summed E-state index contributed by atoms with van der Waals surface area (Å²) >= 11 is 1.26. The van der Waals surface area contributed by atoms with E-state index >= 15 is 0 Å². The van der Waals surface area contributed by atoms with Crippen molar-refractivity contribution in [1.82, 2.24) is 5.32 Å². The highest BCUT2D eigenvalue weighted by Gasteiger charge is 2.23. The van der Waals surface area contributed by atoms with Gasteiger partial charge in [0.05, 0.1) is 11.6 Å². The molecule has 0 aliphatic rings. The van der Waals surface area contributed by atoms with Crippen LogP contribution in [0.3, 0.4) is 0 Å². The molecule has 0 radical (unpaired) electrons. The fourth-order valence-electron chi connectivity index (χ4n) is 1.65. The molecule has 1 heterocycles. The number of carbonyl (C=O) groups is 2. The summed E-state index contributed by atoms with van der Waals surface area (Å²) < 4.78 is 0. The van der Waals surface area contributed by atoms with Crippen molar-refractivity contribution < 1.29 is 14.7 Å². The van der Waals surface area contributed by atoms with Crippen molar-refractivity contribution in [3.05, 3.63) is 57.8 Å². The van der Waals surface area contributed by atoms with Crippen molar-refractivity contribution in [2.45, 2.75) is 6.04 Å². The number of aliphatic carboxylic acids is 1. The lowest BCUT2D eigenvalue weighted by molar-refractivity contribution is -0.139. The van der Waals surface area contributed by atoms with Crippen LogP contribution < -0.4 is 5.32 Å². The van der Waals surface area contributed by atoms with Crippen LogP contribution in [0.5, 0.6) is 0 Å². The van der Waals surface area contributed by atoms with E-state index < -0.39 is 17.9 Å². The van der Waals surface area contributed by atoms with Crippen LogP contribution in [0.15, 0.2) is 41.8 Å². The molecule has 1 atom stereocenters. The molecule has 0 bridgehead atoms. The fraction of sp³-hybridized carbons (Fsp3) is 0.0714. The minimum atomic E-state index is -1.13. The van der Waals surface area contributed by atoms with Gasteiger partial charge in [0.2, 0.25) is 0 Å². The van der Waals surface area contributed by atoms with E-state index in [1.807, 2.05) is 6.07 Å². The van der Waals surface area contributed by atoms with Crippen LogP contribution in [-0.4, -0.2) is 17.0 Å². The number of carboxylic acid groups (broad SMARTS) is 1. The maximum absolute atomic E-state index is 12.0. The summed E-state index contributed by atoms with van der Waals surface area (Å²) in [6, 6.07) is 10.3. The molecule has 0 aliphatic heterocycles. The first-order chi connectivity index (χ1) is 9.61. The first-order valence-electron chi connectivity index (χ1n) is 5.69. The fourth-order valence-corrected chi connectivity index (χ4v) is 2.42. The van der Waals surface area contributed by atoms with Gasteiger partial charge in [-0.25, -0.2) is 4.79 Å². The molecule has 1 aromatic carbocycles. The maximum Gasteiger partial charge on any atom is 0.331 e. The first kappa shape index (κ1) is 13.8. The van der Waals surface area contributed by atoms with E-state index in [0.717, 1.165) is 0 Å². The molecule has 100 valence electrons. The smallest absolute Gasteiger partial charge is 0.331 e. The van der Waals surface area contributed by atoms with Crippen LogP contribution >= 0.6 is 11.3 Å². The topological polar surface area (TPSA) is 90.2 Å². The summed E-state index contributed by atoms with van der Waals surface area (Å²) in [6.45, 7) is 0. The van der Waals surface area contributed by atoms with Gasteiger partial charge >= 0.3 is 5.97 Å². The number of carbonyl (C=O) groups excluding carboxylic acids is 1. The number of hydrogen-bond donors (Lipinski definition) is 2. The number of nitrogens with zero attached hydrogens (tertiary/aromatic N) is 1. The molecule has 0 saturated heterocycles. The van der Waals surface area contributed by atoms with Crippen LogP contribution in [0.2, 0.25) is 0 Å². The van der Waals surface area contributed by atoms with E-state index in [9.17, 15) is 14.7 Å². The highest BCUT2D eigenvalue weighted by molar-refractivity contribution is 7.10. The molecule has 2 N–H and O–H groups in total. The number of nitrogens with one attached hydrogen (secondary N) is 1. The number of carboxylic acids is 1. The lowest BCUT2D eigenvalue weighted by Crippen LogP contribution is -2.33. The van der Waals surface area contributed by atoms with Crippen molar-refractivity contribution in [3.63, 3.8) is 0 Å². The summed E-state index contributed by atoms with van der Waals surface area (Å²) in [5.41, 5.74) is 0.604. The molecule has 5 nitrogen and oxygen atoms in total. The zero-order valence-electron chi connectivity index (χ0n) is 10.2. The van der Waals surface area contributed by atoms with Gasteiger partial charge in [-0.1, -0.05) is 12.1 Å². The van der Waals surface area contributed by atoms with Crippen molar-refractivity contribution in [2.24, 2.45) is 0 Å². The van der Waals surface area contributed by atoms with Crippen molar-refractivity contribution in [1.29, 1.82) is 5.26 Å². The summed E-state index contributed by atoms with van der Waals surface area (Å²) in [6.07, 6.45) is 0. The van der Waals surface area contributed by atoms with Crippen molar-refractivity contribution in [3.8, 4) is 6.07 Å². The van der Waals surface area contributed by atoms with Crippen molar-refractivity contribution in [2.75, 3.05) is 0 Å². The zero-order valence-corrected chi connectivity index (χ0v) is 11.1. The Kier molecular flexibility index (Phi) is 4.13. The van der Waals surface area contributed by atoms with E-state index in [0.29, 0.717) is 10.4 Å². The predicted molar refractivity (Wildman–Crippen MR) is 73.3 cm³/mol. The predicted octanol–water partition coefficient (Wildman–Crippen LogP) is 2.18. The second-order valence-electron chi connectivity index (χ2n) is 3.95. The van der Waals surface area contributed by atoms with Gasteiger partial charge in [0, 0.05) is 10.4 Å². The largest absolute Gasteiger partial charge is 0.479 e. The van der Waals surface area contributed by atoms with Gasteiger partial charge in [0.25, 0.3) is 5.91 Å². The normalized spacial score (nSPS) is 11.3. The summed E-state index contributed by atoms with van der Waals surface area (Å²) in [7, 11) is 0. The Morgan fingerprint density at radius 3 is 2.70 bits per heavy atom. The van der Waals surface area contributed by atoms with Gasteiger partial charge in [0.1, 0.15) is 0 Å². The Morgan fingerprint density at radius 2 is 2.10 bits per heavy atom. The average molecular weight is 286 g/mol. The van der Waals surface area contributed by atoms with Crippen LogP contribution in [0.25, 0.3) is 0 Å². The highest BCUT2D eigenvalue weighted by atomic mass is 32.1. The molecule has 0 aliphatic carbocycles. The van der Waals surface area contributed by atoms with Crippen LogP contribution in [-0.2, 0) is 4.79 Å². The Morgan fingerprint density at radius 1 is 1.30 bits per heavy atom. The Labute approximate surface area is 119 Å². The van der Waals surface area contributed by atoms with E-state index in [1.54, 1.807) is 29.6 Å². The molecule has 2 aromatic rings. The molecule has 2 rings (SSSR count). The molecule has 6 heteroatoms. The van der Waals surface area contributed by atoms with Gasteiger partial charge < -0.3 is 10.4 Å². The van der Waals surface area contributed by atoms with E-state index in [4.69, 9.17) is 5.26 Å². The quantitative estimate of drug-likeness (QED) is 0.901. The second kappa shape index (κ2) is 5.99. The molecular formula is C14H10N2O3S. The molecule has 1 unspecified atom stereocenters. The van der Waals surface area contributed by atoms with E-state index in [2.05, 4.69) is 5.32 Å². The number of amides is 1. The third kappa shape index (κ3) is 3.02. The van der Waals surface area contributed by atoms with Crippen LogP contribution in [0.1, 0.15) is 26.8 Å². The molecule has 20 heavy (non-hydrogen) atoms. The molecular weight excluding hydrogens is 276 g/mol. The molecule has 1 aromatic heterocycles. The number of hydrogen-bond acceptors (Lipinski definition) is 4.